The lowest BCUT2D eigenvalue weighted by Crippen LogP contribution is -2.22. The third-order valence-electron chi connectivity index (χ3n) is 3.32. The summed E-state index contributed by atoms with van der Waals surface area (Å²) >= 11 is 5.27. The number of likely N-dealkylation sites (N-methyl/N-ethyl adjacent to an activating group) is 1. The maximum atomic E-state index is 3.58. The first-order valence-corrected chi connectivity index (χ1v) is 8.86. The molecule has 0 aromatic heterocycles. The van der Waals surface area contributed by atoms with Crippen LogP contribution in [0.25, 0.3) is 0 Å². The number of nitrogens with one attached hydrogen (secondary N) is 1. The molecule has 1 nitrogen and oxygen atoms in total. The monoisotopic (exact) mass is 349 g/mol. The molecule has 1 atom stereocenters. The zero-order chi connectivity index (χ0) is 14.4. The fourth-order valence-electron chi connectivity index (χ4n) is 2.25. The number of rotatable bonds is 6. The van der Waals surface area contributed by atoms with Gasteiger partial charge < -0.3 is 5.32 Å². The molecule has 2 aromatic carbocycles. The van der Waals surface area contributed by atoms with Crippen LogP contribution in [0.5, 0.6) is 0 Å². The van der Waals surface area contributed by atoms with Gasteiger partial charge in [-0.15, -0.1) is 11.8 Å². The van der Waals surface area contributed by atoms with Crippen LogP contribution >= 0.6 is 27.7 Å². The van der Waals surface area contributed by atoms with E-state index in [1.54, 1.807) is 11.8 Å². The largest absolute Gasteiger partial charge is 0.310 e. The fraction of sp³-hybridized carbons (Fsp3) is 0.294. The van der Waals surface area contributed by atoms with Crippen LogP contribution in [-0.2, 0) is 6.42 Å². The van der Waals surface area contributed by atoms with Crippen LogP contribution < -0.4 is 5.32 Å². The van der Waals surface area contributed by atoms with E-state index in [2.05, 4.69) is 83.0 Å². The van der Waals surface area contributed by atoms with Gasteiger partial charge in [-0.1, -0.05) is 47.1 Å². The molecule has 106 valence electrons. The maximum Gasteiger partial charge on any atom is 0.0360 e. The van der Waals surface area contributed by atoms with Crippen LogP contribution in [0.2, 0.25) is 0 Å². The molecule has 20 heavy (non-hydrogen) atoms. The van der Waals surface area contributed by atoms with Crippen molar-refractivity contribution < 1.29 is 0 Å². The third-order valence-corrected chi connectivity index (χ3v) is 4.59. The van der Waals surface area contributed by atoms with Crippen molar-refractivity contribution in [1.82, 2.24) is 5.32 Å². The van der Waals surface area contributed by atoms with Crippen molar-refractivity contribution >= 4 is 27.7 Å². The molecule has 2 aromatic rings. The van der Waals surface area contributed by atoms with Crippen LogP contribution in [-0.4, -0.2) is 12.8 Å². The normalized spacial score (nSPS) is 12.3. The molecule has 0 aliphatic rings. The lowest BCUT2D eigenvalue weighted by atomic mass is 9.99. The van der Waals surface area contributed by atoms with Gasteiger partial charge in [-0.3, -0.25) is 0 Å². The average molecular weight is 350 g/mol. The Kier molecular flexibility index (Phi) is 6.14. The van der Waals surface area contributed by atoms with Crippen molar-refractivity contribution in [3.8, 4) is 0 Å². The number of hydrogen-bond acceptors (Lipinski definition) is 2. The minimum atomic E-state index is 0.372. The van der Waals surface area contributed by atoms with Gasteiger partial charge in [0.1, 0.15) is 0 Å². The van der Waals surface area contributed by atoms with Crippen molar-refractivity contribution in [2.24, 2.45) is 0 Å². The maximum absolute atomic E-state index is 3.58. The van der Waals surface area contributed by atoms with Crippen molar-refractivity contribution in [2.75, 3.05) is 12.8 Å². The van der Waals surface area contributed by atoms with Gasteiger partial charge in [-0.25, -0.2) is 0 Å². The summed E-state index contributed by atoms with van der Waals surface area (Å²) in [7, 11) is 0. The van der Waals surface area contributed by atoms with E-state index in [-0.39, 0.29) is 0 Å². The number of hydrogen-bond donors (Lipinski definition) is 1. The van der Waals surface area contributed by atoms with Crippen LogP contribution in [0.15, 0.2) is 57.9 Å². The van der Waals surface area contributed by atoms with Crippen LogP contribution in [0.4, 0.5) is 0 Å². The Hall–Kier alpha value is -0.770. The summed E-state index contributed by atoms with van der Waals surface area (Å²) in [6.07, 6.45) is 3.12. The van der Waals surface area contributed by atoms with E-state index in [0.717, 1.165) is 17.4 Å². The standard InChI is InChI=1S/C17H20BrNS/c1-3-19-17(12-13-4-8-15(18)9-5-13)14-6-10-16(20-2)11-7-14/h4-11,17,19H,3,12H2,1-2H3. The zero-order valence-electron chi connectivity index (χ0n) is 11.9. The zero-order valence-corrected chi connectivity index (χ0v) is 14.3. The quantitative estimate of drug-likeness (QED) is 0.731. The summed E-state index contributed by atoms with van der Waals surface area (Å²) in [5.74, 6) is 0. The molecule has 0 amide bonds. The minimum absolute atomic E-state index is 0.372. The number of benzene rings is 2. The molecular weight excluding hydrogens is 330 g/mol. The van der Waals surface area contributed by atoms with Gasteiger partial charge in [-0.05, 0) is 54.6 Å². The van der Waals surface area contributed by atoms with Crippen molar-refractivity contribution in [3.63, 3.8) is 0 Å². The molecule has 0 aliphatic carbocycles. The summed E-state index contributed by atoms with van der Waals surface area (Å²) < 4.78 is 1.13. The smallest absolute Gasteiger partial charge is 0.0360 e. The first-order chi connectivity index (χ1) is 9.72. The molecule has 0 saturated carbocycles. The topological polar surface area (TPSA) is 12.0 Å². The van der Waals surface area contributed by atoms with E-state index in [1.807, 2.05) is 0 Å². The van der Waals surface area contributed by atoms with E-state index >= 15 is 0 Å². The average Bonchev–Trinajstić information content (AvgIpc) is 2.49. The highest BCUT2D eigenvalue weighted by molar-refractivity contribution is 9.10. The van der Waals surface area contributed by atoms with E-state index in [4.69, 9.17) is 0 Å². The fourth-order valence-corrected chi connectivity index (χ4v) is 2.92. The van der Waals surface area contributed by atoms with Crippen LogP contribution in [0, 0.1) is 0 Å². The summed E-state index contributed by atoms with van der Waals surface area (Å²) in [4.78, 5) is 1.31. The molecule has 3 heteroatoms. The highest BCUT2D eigenvalue weighted by atomic mass is 79.9. The molecule has 0 heterocycles. The lowest BCUT2D eigenvalue weighted by molar-refractivity contribution is 0.549. The minimum Gasteiger partial charge on any atom is -0.310 e. The first-order valence-electron chi connectivity index (χ1n) is 6.84. The SMILES string of the molecule is CCNC(Cc1ccc(Br)cc1)c1ccc(SC)cc1. The number of thioether (sulfide) groups is 1. The Labute approximate surface area is 134 Å². The molecule has 0 spiro atoms. The summed E-state index contributed by atoms with van der Waals surface area (Å²) in [5, 5.41) is 3.58. The molecule has 1 N–H and O–H groups in total. The molecule has 0 bridgehead atoms. The molecule has 0 saturated heterocycles. The third kappa shape index (κ3) is 4.37. The van der Waals surface area contributed by atoms with Gasteiger partial charge in [0.2, 0.25) is 0 Å². The highest BCUT2D eigenvalue weighted by Crippen LogP contribution is 2.22. The van der Waals surface area contributed by atoms with Gasteiger partial charge in [0.25, 0.3) is 0 Å². The predicted octanol–water partition coefficient (Wildman–Crippen LogP) is 5.06. The molecule has 0 fully saturated rings. The van der Waals surface area contributed by atoms with Crippen molar-refractivity contribution in [2.45, 2.75) is 24.3 Å². The molecule has 1 unspecified atom stereocenters. The van der Waals surface area contributed by atoms with Gasteiger partial charge in [0, 0.05) is 15.4 Å². The summed E-state index contributed by atoms with van der Waals surface area (Å²) in [6.45, 7) is 3.14. The van der Waals surface area contributed by atoms with E-state index in [9.17, 15) is 0 Å². The predicted molar refractivity (Wildman–Crippen MR) is 92.5 cm³/mol. The summed E-state index contributed by atoms with van der Waals surface area (Å²) in [5.41, 5.74) is 2.71. The molecular formula is C17H20BrNS. The Morgan fingerprint density at radius 3 is 2.25 bits per heavy atom. The Morgan fingerprint density at radius 1 is 1.05 bits per heavy atom. The van der Waals surface area contributed by atoms with Gasteiger partial charge in [0.05, 0.1) is 0 Å². The van der Waals surface area contributed by atoms with E-state index in [0.29, 0.717) is 6.04 Å². The molecule has 0 radical (unpaired) electrons. The first kappa shape index (κ1) is 15.6. The van der Waals surface area contributed by atoms with Crippen LogP contribution in [0.1, 0.15) is 24.1 Å². The Morgan fingerprint density at radius 2 is 1.70 bits per heavy atom. The second-order valence-electron chi connectivity index (χ2n) is 4.71. The molecule has 0 aliphatic heterocycles. The van der Waals surface area contributed by atoms with E-state index < -0.39 is 0 Å². The second kappa shape index (κ2) is 7.87. The van der Waals surface area contributed by atoms with E-state index in [1.165, 1.54) is 16.0 Å². The summed E-state index contributed by atoms with van der Waals surface area (Å²) in [6, 6.07) is 17.8. The van der Waals surface area contributed by atoms with Gasteiger partial charge >= 0.3 is 0 Å². The van der Waals surface area contributed by atoms with Crippen molar-refractivity contribution in [3.05, 3.63) is 64.1 Å². The number of halogens is 1. The van der Waals surface area contributed by atoms with Gasteiger partial charge in [0.15, 0.2) is 0 Å². The van der Waals surface area contributed by atoms with Crippen molar-refractivity contribution in [1.29, 1.82) is 0 Å². The second-order valence-corrected chi connectivity index (χ2v) is 6.51. The highest BCUT2D eigenvalue weighted by Gasteiger charge is 2.11. The van der Waals surface area contributed by atoms with Crippen LogP contribution in [0.3, 0.4) is 0 Å². The molecule has 2 rings (SSSR count). The lowest BCUT2D eigenvalue weighted by Gasteiger charge is -2.19. The van der Waals surface area contributed by atoms with Gasteiger partial charge in [-0.2, -0.15) is 0 Å². The Balaban J connectivity index is 2.14. The Bertz CT molecular complexity index is 522.